The summed E-state index contributed by atoms with van der Waals surface area (Å²) in [5.74, 6) is -0.495. The first-order valence-corrected chi connectivity index (χ1v) is 10.1. The zero-order chi connectivity index (χ0) is 20.6. The number of rotatable bonds is 7. The fourth-order valence-corrected chi connectivity index (χ4v) is 3.51. The molecule has 0 fully saturated rings. The van der Waals surface area contributed by atoms with E-state index in [4.69, 9.17) is 0 Å². The maximum Gasteiger partial charge on any atom is 0.257 e. The fourth-order valence-electron chi connectivity index (χ4n) is 2.89. The molecule has 0 aromatic heterocycles. The third-order valence-electron chi connectivity index (χ3n) is 4.42. The molecular weight excluding hydrogens is 430 g/mol. The number of halogens is 1. The van der Waals surface area contributed by atoms with Gasteiger partial charge in [-0.25, -0.2) is 0 Å². The number of hydrogen-bond donors (Lipinski definition) is 3. The van der Waals surface area contributed by atoms with Gasteiger partial charge in [0.1, 0.15) is 0 Å². The molecule has 2 amide bonds. The van der Waals surface area contributed by atoms with Gasteiger partial charge in [0.25, 0.3) is 5.91 Å². The van der Waals surface area contributed by atoms with E-state index in [-0.39, 0.29) is 24.4 Å². The second-order valence-corrected chi connectivity index (χ2v) is 7.39. The molecule has 0 bridgehead atoms. The van der Waals surface area contributed by atoms with Crippen LogP contribution in [0, 0.1) is 0 Å². The van der Waals surface area contributed by atoms with Crippen LogP contribution in [0.5, 0.6) is 0 Å². The molecule has 0 aliphatic heterocycles. The molecule has 0 aliphatic carbocycles. The maximum absolute atomic E-state index is 12.6. The molecule has 6 heteroatoms. The molecule has 29 heavy (non-hydrogen) atoms. The lowest BCUT2D eigenvalue weighted by Crippen LogP contribution is -2.31. The van der Waals surface area contributed by atoms with Gasteiger partial charge in [0.15, 0.2) is 0 Å². The summed E-state index contributed by atoms with van der Waals surface area (Å²) in [7, 11) is 0. The van der Waals surface area contributed by atoms with Crippen molar-refractivity contribution in [2.75, 3.05) is 17.2 Å². The highest BCUT2D eigenvalue weighted by atomic mass is 79.9. The van der Waals surface area contributed by atoms with Crippen LogP contribution in [0.3, 0.4) is 0 Å². The topological polar surface area (TPSA) is 70.2 Å². The quantitative estimate of drug-likeness (QED) is 0.473. The van der Waals surface area contributed by atoms with Crippen LogP contribution in [0.2, 0.25) is 0 Å². The number of carbonyl (C=O) groups is 2. The van der Waals surface area contributed by atoms with Crippen LogP contribution in [-0.2, 0) is 4.79 Å². The van der Waals surface area contributed by atoms with Crippen LogP contribution < -0.4 is 16.0 Å². The molecule has 0 saturated heterocycles. The molecule has 0 aliphatic rings. The van der Waals surface area contributed by atoms with Gasteiger partial charge in [0.05, 0.1) is 17.8 Å². The minimum atomic E-state index is -0.276. The van der Waals surface area contributed by atoms with E-state index in [0.717, 1.165) is 10.0 Å². The van der Waals surface area contributed by atoms with Gasteiger partial charge in [-0.05, 0) is 42.8 Å². The molecule has 0 heterocycles. The number of anilines is 2. The molecule has 0 spiro atoms. The van der Waals surface area contributed by atoms with Crippen LogP contribution in [0.25, 0.3) is 0 Å². The van der Waals surface area contributed by atoms with Crippen molar-refractivity contribution < 1.29 is 9.59 Å². The fraction of sp³-hybridized carbons (Fsp3) is 0.130. The van der Waals surface area contributed by atoms with E-state index in [9.17, 15) is 9.59 Å². The van der Waals surface area contributed by atoms with Crippen molar-refractivity contribution in [3.63, 3.8) is 0 Å². The van der Waals surface area contributed by atoms with Gasteiger partial charge < -0.3 is 16.0 Å². The molecule has 0 radical (unpaired) electrons. The Balaban J connectivity index is 1.62. The first-order chi connectivity index (χ1) is 14.0. The average Bonchev–Trinajstić information content (AvgIpc) is 2.73. The number of carbonyl (C=O) groups excluding carboxylic acids is 2. The zero-order valence-electron chi connectivity index (χ0n) is 16.0. The Morgan fingerprint density at radius 1 is 0.862 bits per heavy atom. The Bertz CT molecular complexity index is 992. The van der Waals surface area contributed by atoms with Crippen LogP contribution in [0.4, 0.5) is 11.4 Å². The van der Waals surface area contributed by atoms with Gasteiger partial charge in [0.2, 0.25) is 5.91 Å². The molecule has 5 nitrogen and oxygen atoms in total. The highest BCUT2D eigenvalue weighted by Crippen LogP contribution is 2.22. The summed E-state index contributed by atoms with van der Waals surface area (Å²) < 4.78 is 0.989. The Hall–Kier alpha value is -2.96. The first-order valence-electron chi connectivity index (χ1n) is 9.27. The minimum Gasteiger partial charge on any atom is -0.324 e. The third kappa shape index (κ3) is 5.76. The van der Waals surface area contributed by atoms with E-state index in [1.165, 1.54) is 0 Å². The normalized spacial score (nSPS) is 11.5. The van der Waals surface area contributed by atoms with Crippen molar-refractivity contribution in [2.24, 2.45) is 0 Å². The lowest BCUT2D eigenvalue weighted by Gasteiger charge is -2.16. The van der Waals surface area contributed by atoms with E-state index in [0.29, 0.717) is 16.9 Å². The first kappa shape index (κ1) is 20.8. The van der Waals surface area contributed by atoms with E-state index in [2.05, 4.69) is 31.9 Å². The molecule has 1 atom stereocenters. The maximum atomic E-state index is 12.6. The van der Waals surface area contributed by atoms with Gasteiger partial charge in [-0.3, -0.25) is 9.59 Å². The molecular formula is C23H22BrN3O2. The highest BCUT2D eigenvalue weighted by molar-refractivity contribution is 9.10. The standard InChI is InChI=1S/C23H22BrN3O2/c1-16(18-11-5-7-13-20(18)24)25-15-22(28)27-21-14-8-6-12-19(21)23(29)26-17-9-3-2-4-10-17/h2-14,16,25H,15H2,1H3,(H,26,29)(H,27,28)/t16-/m1/s1. The molecule has 3 aromatic rings. The predicted molar refractivity (Wildman–Crippen MR) is 120 cm³/mol. The Morgan fingerprint density at radius 2 is 1.52 bits per heavy atom. The predicted octanol–water partition coefficient (Wildman–Crippen LogP) is 4.99. The van der Waals surface area contributed by atoms with E-state index in [1.54, 1.807) is 24.3 Å². The minimum absolute atomic E-state index is 0.00653. The SMILES string of the molecule is C[C@@H](NCC(=O)Nc1ccccc1C(=O)Nc1ccccc1)c1ccccc1Br. The van der Waals surface area contributed by atoms with Gasteiger partial charge >= 0.3 is 0 Å². The smallest absolute Gasteiger partial charge is 0.257 e. The summed E-state index contributed by atoms with van der Waals surface area (Å²) in [5.41, 5.74) is 2.65. The Morgan fingerprint density at radius 3 is 2.28 bits per heavy atom. The molecule has 3 N–H and O–H groups in total. The van der Waals surface area contributed by atoms with Crippen LogP contribution in [-0.4, -0.2) is 18.4 Å². The van der Waals surface area contributed by atoms with Crippen molar-refractivity contribution in [3.05, 3.63) is 94.5 Å². The van der Waals surface area contributed by atoms with E-state index in [1.807, 2.05) is 61.5 Å². The second-order valence-electron chi connectivity index (χ2n) is 6.54. The molecule has 0 unspecified atom stereocenters. The summed E-state index contributed by atoms with van der Waals surface area (Å²) in [6, 6.07) is 24.0. The number of amides is 2. The van der Waals surface area contributed by atoms with Crippen molar-refractivity contribution >= 4 is 39.1 Å². The number of hydrogen-bond acceptors (Lipinski definition) is 3. The molecule has 3 rings (SSSR count). The van der Waals surface area contributed by atoms with Crippen molar-refractivity contribution in [2.45, 2.75) is 13.0 Å². The van der Waals surface area contributed by atoms with Gasteiger partial charge in [-0.15, -0.1) is 0 Å². The second kappa shape index (κ2) is 10.0. The average molecular weight is 452 g/mol. The highest BCUT2D eigenvalue weighted by Gasteiger charge is 2.15. The van der Waals surface area contributed by atoms with Crippen molar-refractivity contribution in [3.8, 4) is 0 Å². The monoisotopic (exact) mass is 451 g/mol. The van der Waals surface area contributed by atoms with E-state index < -0.39 is 0 Å². The molecule has 148 valence electrons. The van der Waals surface area contributed by atoms with Gasteiger partial charge in [-0.2, -0.15) is 0 Å². The van der Waals surface area contributed by atoms with Gasteiger partial charge in [-0.1, -0.05) is 64.5 Å². The third-order valence-corrected chi connectivity index (χ3v) is 5.14. The van der Waals surface area contributed by atoms with Gasteiger partial charge in [0, 0.05) is 16.2 Å². The summed E-state index contributed by atoms with van der Waals surface area (Å²) in [5, 5.41) is 8.87. The number of para-hydroxylation sites is 2. The summed E-state index contributed by atoms with van der Waals surface area (Å²) >= 11 is 3.53. The Kier molecular flexibility index (Phi) is 7.16. The lowest BCUT2D eigenvalue weighted by atomic mass is 10.1. The number of nitrogens with one attached hydrogen (secondary N) is 3. The molecule has 0 saturated carbocycles. The summed E-state index contributed by atoms with van der Waals surface area (Å²) in [6.45, 7) is 2.12. The van der Waals surface area contributed by atoms with Crippen LogP contribution in [0.15, 0.2) is 83.3 Å². The summed E-state index contributed by atoms with van der Waals surface area (Å²) in [6.07, 6.45) is 0. The van der Waals surface area contributed by atoms with Crippen LogP contribution in [0.1, 0.15) is 28.9 Å². The van der Waals surface area contributed by atoms with Crippen molar-refractivity contribution in [1.29, 1.82) is 0 Å². The van der Waals surface area contributed by atoms with Crippen molar-refractivity contribution in [1.82, 2.24) is 5.32 Å². The number of benzene rings is 3. The lowest BCUT2D eigenvalue weighted by molar-refractivity contribution is -0.115. The summed E-state index contributed by atoms with van der Waals surface area (Å²) in [4.78, 5) is 25.1. The van der Waals surface area contributed by atoms with E-state index >= 15 is 0 Å². The molecule has 3 aromatic carbocycles. The zero-order valence-corrected chi connectivity index (χ0v) is 17.6. The van der Waals surface area contributed by atoms with Crippen LogP contribution >= 0.6 is 15.9 Å². The largest absolute Gasteiger partial charge is 0.324 e. The Labute approximate surface area is 178 Å².